The van der Waals surface area contributed by atoms with Gasteiger partial charge in [0.25, 0.3) is 0 Å². The van der Waals surface area contributed by atoms with Crippen LogP contribution in [0.2, 0.25) is 0 Å². The van der Waals surface area contributed by atoms with Crippen molar-refractivity contribution in [1.82, 2.24) is 4.98 Å². The fourth-order valence-electron chi connectivity index (χ4n) is 2.47. The molecule has 23 heavy (non-hydrogen) atoms. The number of nitrogens with one attached hydrogen (secondary N) is 1. The van der Waals surface area contributed by atoms with Gasteiger partial charge in [0.05, 0.1) is 0 Å². The van der Waals surface area contributed by atoms with Crippen LogP contribution in [-0.2, 0) is 0 Å². The first-order valence-corrected chi connectivity index (χ1v) is 7.61. The van der Waals surface area contributed by atoms with Gasteiger partial charge in [-0.1, -0.05) is 36.9 Å². The van der Waals surface area contributed by atoms with E-state index in [1.807, 2.05) is 49.4 Å². The second-order valence-electron chi connectivity index (χ2n) is 5.20. The molecule has 1 N–H and O–H groups in total. The molecular formula is C21H19NO. The average molecular weight is 301 g/mol. The van der Waals surface area contributed by atoms with Gasteiger partial charge in [0.1, 0.15) is 11.5 Å². The van der Waals surface area contributed by atoms with Gasteiger partial charge in [0.2, 0.25) is 0 Å². The van der Waals surface area contributed by atoms with Gasteiger partial charge in [0, 0.05) is 16.6 Å². The maximum absolute atomic E-state index is 5.84. The lowest BCUT2D eigenvalue weighted by Crippen LogP contribution is -1.91. The topological polar surface area (TPSA) is 25.0 Å². The zero-order chi connectivity index (χ0) is 16.1. The van der Waals surface area contributed by atoms with Crippen LogP contribution in [0.5, 0.6) is 5.75 Å². The van der Waals surface area contributed by atoms with Crippen molar-refractivity contribution < 1.29 is 4.74 Å². The van der Waals surface area contributed by atoms with E-state index in [1.165, 1.54) is 5.39 Å². The molecule has 1 heterocycles. The minimum absolute atomic E-state index is 0.765. The molecule has 114 valence electrons. The van der Waals surface area contributed by atoms with E-state index in [1.54, 1.807) is 6.08 Å². The highest BCUT2D eigenvalue weighted by Crippen LogP contribution is 2.26. The number of H-pyrrole nitrogens is 1. The third-order valence-electron chi connectivity index (χ3n) is 3.54. The van der Waals surface area contributed by atoms with Gasteiger partial charge in [0.15, 0.2) is 0 Å². The molecule has 0 aliphatic carbocycles. The van der Waals surface area contributed by atoms with E-state index in [0.717, 1.165) is 28.3 Å². The van der Waals surface area contributed by atoms with Crippen molar-refractivity contribution in [3.8, 4) is 17.0 Å². The first-order chi connectivity index (χ1) is 11.3. The van der Waals surface area contributed by atoms with Crippen LogP contribution in [0.1, 0.15) is 6.92 Å². The minimum atomic E-state index is 0.765. The summed E-state index contributed by atoms with van der Waals surface area (Å²) in [7, 11) is 0. The lowest BCUT2D eigenvalue weighted by atomic mass is 10.1. The summed E-state index contributed by atoms with van der Waals surface area (Å²) in [6.45, 7) is 5.66. The average Bonchev–Trinajstić information content (AvgIpc) is 3.00. The zero-order valence-electron chi connectivity index (χ0n) is 13.1. The summed E-state index contributed by atoms with van der Waals surface area (Å²) in [5, 5.41) is 1.21. The van der Waals surface area contributed by atoms with Crippen molar-refractivity contribution in [2.24, 2.45) is 0 Å². The quantitative estimate of drug-likeness (QED) is 0.463. The number of aromatic nitrogens is 1. The van der Waals surface area contributed by atoms with Crippen molar-refractivity contribution in [3.05, 3.63) is 91.2 Å². The van der Waals surface area contributed by atoms with E-state index >= 15 is 0 Å². The third-order valence-corrected chi connectivity index (χ3v) is 3.54. The molecule has 0 atom stereocenters. The molecule has 0 aliphatic heterocycles. The van der Waals surface area contributed by atoms with Gasteiger partial charge in [-0.15, -0.1) is 0 Å². The molecule has 2 aromatic carbocycles. The number of benzene rings is 2. The summed E-state index contributed by atoms with van der Waals surface area (Å²) >= 11 is 0. The molecule has 2 heteroatoms. The fraction of sp³-hybridized carbons (Fsp3) is 0.0476. The Balaban J connectivity index is 1.84. The molecule has 3 rings (SSSR count). The second-order valence-corrected chi connectivity index (χ2v) is 5.20. The molecule has 1 aromatic heterocycles. The number of para-hydroxylation sites is 1. The van der Waals surface area contributed by atoms with Gasteiger partial charge < -0.3 is 9.72 Å². The minimum Gasteiger partial charge on any atom is -0.457 e. The Kier molecular flexibility index (Phi) is 4.44. The standard InChI is InChI=1S/C21H19NO/c1-3-7-18(8-4-2)23-19-13-11-16(12-14-19)21-15-17-9-5-6-10-20(17)22-21/h3-15,22H,1H2,2H3/b8-4-,18-7+. The predicted molar refractivity (Wildman–Crippen MR) is 97.5 cm³/mol. The Labute approximate surface area is 136 Å². The molecule has 0 amide bonds. The summed E-state index contributed by atoms with van der Waals surface area (Å²) < 4.78 is 5.84. The molecule has 0 bridgehead atoms. The summed E-state index contributed by atoms with van der Waals surface area (Å²) in [5.41, 5.74) is 3.38. The lowest BCUT2D eigenvalue weighted by molar-refractivity contribution is 0.444. The van der Waals surface area contributed by atoms with Crippen LogP contribution in [0, 0.1) is 0 Å². The number of fused-ring (bicyclic) bond motifs is 1. The Hall–Kier alpha value is -3.00. The van der Waals surface area contributed by atoms with E-state index in [-0.39, 0.29) is 0 Å². The van der Waals surface area contributed by atoms with Gasteiger partial charge in [-0.3, -0.25) is 0 Å². The number of hydrogen-bond donors (Lipinski definition) is 1. The van der Waals surface area contributed by atoms with Gasteiger partial charge in [-0.05, 0) is 61.0 Å². The normalized spacial score (nSPS) is 12.0. The van der Waals surface area contributed by atoms with E-state index in [2.05, 4.69) is 41.9 Å². The van der Waals surface area contributed by atoms with E-state index in [9.17, 15) is 0 Å². The molecule has 3 aromatic rings. The first kappa shape index (κ1) is 14.9. The van der Waals surface area contributed by atoms with Crippen LogP contribution in [0.4, 0.5) is 0 Å². The smallest absolute Gasteiger partial charge is 0.127 e. The molecule has 0 saturated heterocycles. The molecule has 2 nitrogen and oxygen atoms in total. The third kappa shape index (κ3) is 3.43. The molecular weight excluding hydrogens is 282 g/mol. The molecule has 0 saturated carbocycles. The van der Waals surface area contributed by atoms with Crippen molar-refractivity contribution in [1.29, 1.82) is 0 Å². The molecule has 0 radical (unpaired) electrons. The van der Waals surface area contributed by atoms with Crippen molar-refractivity contribution in [2.75, 3.05) is 0 Å². The van der Waals surface area contributed by atoms with Crippen molar-refractivity contribution in [2.45, 2.75) is 6.92 Å². The van der Waals surface area contributed by atoms with Crippen LogP contribution < -0.4 is 4.74 Å². The van der Waals surface area contributed by atoms with Gasteiger partial charge >= 0.3 is 0 Å². The van der Waals surface area contributed by atoms with Gasteiger partial charge in [-0.2, -0.15) is 0 Å². The largest absolute Gasteiger partial charge is 0.457 e. The summed E-state index contributed by atoms with van der Waals surface area (Å²) in [6.07, 6.45) is 7.40. The maximum atomic E-state index is 5.84. The molecule has 0 spiro atoms. The van der Waals surface area contributed by atoms with Crippen LogP contribution in [0.3, 0.4) is 0 Å². The predicted octanol–water partition coefficient (Wildman–Crippen LogP) is 5.86. The zero-order valence-corrected chi connectivity index (χ0v) is 13.1. The molecule has 0 unspecified atom stereocenters. The highest BCUT2D eigenvalue weighted by atomic mass is 16.5. The number of aromatic amines is 1. The molecule has 0 aliphatic rings. The highest BCUT2D eigenvalue weighted by molar-refractivity contribution is 5.85. The van der Waals surface area contributed by atoms with E-state index in [4.69, 9.17) is 4.74 Å². The van der Waals surface area contributed by atoms with Crippen molar-refractivity contribution in [3.63, 3.8) is 0 Å². The summed E-state index contributed by atoms with van der Waals surface area (Å²) in [6, 6.07) is 18.5. The number of rotatable bonds is 5. The first-order valence-electron chi connectivity index (χ1n) is 7.61. The van der Waals surface area contributed by atoms with Crippen LogP contribution >= 0.6 is 0 Å². The highest BCUT2D eigenvalue weighted by Gasteiger charge is 2.04. The SMILES string of the molecule is C=C/C=C(\C=C/C)Oc1ccc(-c2cc3ccccc3[nH]2)cc1. The fourth-order valence-corrected chi connectivity index (χ4v) is 2.47. The number of allylic oxidation sites excluding steroid dienone is 4. The summed E-state index contributed by atoms with van der Waals surface area (Å²) in [4.78, 5) is 3.44. The van der Waals surface area contributed by atoms with E-state index in [0.29, 0.717) is 0 Å². The van der Waals surface area contributed by atoms with Crippen molar-refractivity contribution >= 4 is 10.9 Å². The van der Waals surface area contributed by atoms with Gasteiger partial charge in [-0.25, -0.2) is 0 Å². The number of hydrogen-bond acceptors (Lipinski definition) is 1. The Morgan fingerprint density at radius 3 is 2.57 bits per heavy atom. The Bertz CT molecular complexity index is 833. The Morgan fingerprint density at radius 2 is 1.87 bits per heavy atom. The molecule has 0 fully saturated rings. The lowest BCUT2D eigenvalue weighted by Gasteiger charge is -2.07. The summed E-state index contributed by atoms with van der Waals surface area (Å²) in [5.74, 6) is 1.57. The monoisotopic (exact) mass is 301 g/mol. The van der Waals surface area contributed by atoms with E-state index < -0.39 is 0 Å². The number of ether oxygens (including phenoxy) is 1. The Morgan fingerprint density at radius 1 is 1.09 bits per heavy atom. The van der Waals surface area contributed by atoms with Crippen LogP contribution in [0.25, 0.3) is 22.2 Å². The second kappa shape index (κ2) is 6.84. The van der Waals surface area contributed by atoms with Crippen LogP contribution in [0.15, 0.2) is 91.2 Å². The van der Waals surface area contributed by atoms with Crippen LogP contribution in [-0.4, -0.2) is 4.98 Å². The maximum Gasteiger partial charge on any atom is 0.127 e.